The van der Waals surface area contributed by atoms with Crippen molar-refractivity contribution in [3.05, 3.63) is 27.8 Å². The first-order valence-electron chi connectivity index (χ1n) is 5.11. The average molecular weight is 240 g/mol. The van der Waals surface area contributed by atoms with Crippen LogP contribution in [0.1, 0.15) is 11.6 Å². The highest BCUT2D eigenvalue weighted by atomic mass is 16.6. The summed E-state index contributed by atoms with van der Waals surface area (Å²) in [7, 11) is 0. The first kappa shape index (κ1) is 11.6. The second-order valence-corrected chi connectivity index (χ2v) is 3.75. The molecule has 0 saturated carbocycles. The van der Waals surface area contributed by atoms with Gasteiger partial charge in [-0.2, -0.15) is 0 Å². The molecule has 1 aromatic rings. The first-order valence-corrected chi connectivity index (χ1v) is 5.11. The Morgan fingerprint density at radius 3 is 2.82 bits per heavy atom. The number of hydrogen-bond donors (Lipinski definition) is 3. The molecular weight excluding hydrogens is 228 g/mol. The van der Waals surface area contributed by atoms with Crippen LogP contribution in [0.25, 0.3) is 0 Å². The van der Waals surface area contributed by atoms with E-state index in [1.54, 1.807) is 0 Å². The van der Waals surface area contributed by atoms with Crippen molar-refractivity contribution in [2.75, 3.05) is 19.8 Å². The Bertz CT molecular complexity index is 443. The van der Waals surface area contributed by atoms with Gasteiger partial charge >= 0.3 is 5.69 Å². The molecule has 1 saturated heterocycles. The molecular formula is C10H12N2O5. The summed E-state index contributed by atoms with van der Waals surface area (Å²) in [4.78, 5) is 9.96. The molecule has 0 bridgehead atoms. The Morgan fingerprint density at radius 1 is 1.47 bits per heavy atom. The Morgan fingerprint density at radius 2 is 2.24 bits per heavy atom. The van der Waals surface area contributed by atoms with Crippen LogP contribution in [-0.4, -0.2) is 34.9 Å². The maximum Gasteiger partial charge on any atom is 0.314 e. The topological polar surface area (TPSA) is 105 Å². The molecule has 1 aliphatic rings. The van der Waals surface area contributed by atoms with E-state index in [0.717, 1.165) is 0 Å². The number of ether oxygens (including phenoxy) is 1. The molecule has 1 aliphatic heterocycles. The van der Waals surface area contributed by atoms with Crippen molar-refractivity contribution in [1.82, 2.24) is 5.32 Å². The minimum atomic E-state index is -0.734. The van der Waals surface area contributed by atoms with E-state index >= 15 is 0 Å². The van der Waals surface area contributed by atoms with Crippen LogP contribution < -0.4 is 5.32 Å². The summed E-state index contributed by atoms with van der Waals surface area (Å²) in [5, 5.41) is 32.6. The quantitative estimate of drug-likeness (QED) is 0.398. The number of nitrogens with one attached hydrogen (secondary N) is 1. The monoisotopic (exact) mass is 240 g/mol. The molecule has 0 spiro atoms. The van der Waals surface area contributed by atoms with E-state index in [2.05, 4.69) is 5.32 Å². The molecule has 17 heavy (non-hydrogen) atoms. The van der Waals surface area contributed by atoms with Gasteiger partial charge in [-0.05, 0) is 11.6 Å². The van der Waals surface area contributed by atoms with Crippen LogP contribution in [0.3, 0.4) is 0 Å². The summed E-state index contributed by atoms with van der Waals surface area (Å²) >= 11 is 0. The molecule has 3 N–H and O–H groups in total. The SMILES string of the molecule is O=[N+]([O-])c1cc([C@@H]2COCCN2)cc(O)c1O. The molecule has 0 unspecified atom stereocenters. The third-order valence-electron chi connectivity index (χ3n) is 2.61. The van der Waals surface area contributed by atoms with E-state index in [4.69, 9.17) is 4.74 Å². The maximum atomic E-state index is 10.7. The Balaban J connectivity index is 2.37. The number of rotatable bonds is 2. The van der Waals surface area contributed by atoms with Crippen LogP contribution in [0.15, 0.2) is 12.1 Å². The van der Waals surface area contributed by atoms with E-state index in [-0.39, 0.29) is 6.04 Å². The number of benzene rings is 1. The van der Waals surface area contributed by atoms with Gasteiger partial charge in [0.15, 0.2) is 5.75 Å². The van der Waals surface area contributed by atoms with Crippen LogP contribution in [-0.2, 0) is 4.74 Å². The second kappa shape index (κ2) is 4.56. The normalized spacial score (nSPS) is 20.1. The molecule has 2 rings (SSSR count). The fraction of sp³-hybridized carbons (Fsp3) is 0.400. The van der Waals surface area contributed by atoms with Crippen molar-refractivity contribution in [2.45, 2.75) is 6.04 Å². The van der Waals surface area contributed by atoms with Crippen molar-refractivity contribution in [3.8, 4) is 11.5 Å². The number of hydrogen-bond acceptors (Lipinski definition) is 6. The molecule has 1 fully saturated rings. The predicted octanol–water partition coefficient (Wildman–Crippen LogP) is 0.667. The van der Waals surface area contributed by atoms with Crippen molar-refractivity contribution >= 4 is 5.69 Å². The summed E-state index contributed by atoms with van der Waals surface area (Å²) in [5.74, 6) is -1.21. The first-order chi connectivity index (χ1) is 8.09. The summed E-state index contributed by atoms with van der Waals surface area (Å²) in [5.41, 5.74) is 0.0130. The molecule has 1 aromatic carbocycles. The number of nitro benzene ring substituents is 1. The van der Waals surface area contributed by atoms with Crippen LogP contribution in [0.4, 0.5) is 5.69 Å². The third kappa shape index (κ3) is 2.29. The highest BCUT2D eigenvalue weighted by Gasteiger charge is 2.23. The highest BCUT2D eigenvalue weighted by Crippen LogP contribution is 2.37. The lowest BCUT2D eigenvalue weighted by Crippen LogP contribution is -2.34. The summed E-state index contributed by atoms with van der Waals surface area (Å²) in [6, 6.07) is 2.32. The van der Waals surface area contributed by atoms with Gasteiger partial charge in [0, 0.05) is 12.6 Å². The molecule has 0 radical (unpaired) electrons. The van der Waals surface area contributed by atoms with Crippen LogP contribution in [0.5, 0.6) is 11.5 Å². The Labute approximate surface area is 96.8 Å². The van der Waals surface area contributed by atoms with Crippen molar-refractivity contribution in [2.24, 2.45) is 0 Å². The van der Waals surface area contributed by atoms with Crippen molar-refractivity contribution < 1.29 is 19.9 Å². The second-order valence-electron chi connectivity index (χ2n) is 3.75. The lowest BCUT2D eigenvalue weighted by molar-refractivity contribution is -0.386. The van der Waals surface area contributed by atoms with Gasteiger partial charge in [0.1, 0.15) is 0 Å². The number of nitrogens with zero attached hydrogens (tertiary/aromatic N) is 1. The zero-order valence-corrected chi connectivity index (χ0v) is 8.92. The van der Waals surface area contributed by atoms with E-state index in [1.807, 2.05) is 0 Å². The van der Waals surface area contributed by atoms with Gasteiger partial charge in [-0.15, -0.1) is 0 Å². The van der Waals surface area contributed by atoms with Crippen LogP contribution >= 0.6 is 0 Å². The van der Waals surface area contributed by atoms with Gasteiger partial charge in [0.2, 0.25) is 5.75 Å². The molecule has 0 aliphatic carbocycles. The zero-order valence-electron chi connectivity index (χ0n) is 8.92. The lowest BCUT2D eigenvalue weighted by atomic mass is 10.0. The molecule has 92 valence electrons. The maximum absolute atomic E-state index is 10.7. The zero-order chi connectivity index (χ0) is 12.4. The summed E-state index contributed by atoms with van der Waals surface area (Å²) in [6.45, 7) is 1.60. The predicted molar refractivity (Wildman–Crippen MR) is 58.0 cm³/mol. The van der Waals surface area contributed by atoms with E-state index < -0.39 is 22.1 Å². The number of morpholine rings is 1. The summed E-state index contributed by atoms with van der Waals surface area (Å²) < 4.78 is 5.23. The minimum Gasteiger partial charge on any atom is -0.504 e. The Hall–Kier alpha value is -1.86. The molecule has 1 heterocycles. The largest absolute Gasteiger partial charge is 0.504 e. The van der Waals surface area contributed by atoms with Gasteiger partial charge in [-0.25, -0.2) is 0 Å². The third-order valence-corrected chi connectivity index (χ3v) is 2.61. The summed E-state index contributed by atoms with van der Waals surface area (Å²) in [6.07, 6.45) is 0. The van der Waals surface area contributed by atoms with Crippen LogP contribution in [0, 0.1) is 10.1 Å². The molecule has 1 atom stereocenters. The lowest BCUT2D eigenvalue weighted by Gasteiger charge is -2.24. The van der Waals surface area contributed by atoms with E-state index in [1.165, 1.54) is 12.1 Å². The molecule has 0 amide bonds. The Kier molecular flexibility index (Phi) is 3.12. The fourth-order valence-corrected chi connectivity index (χ4v) is 1.75. The number of nitro groups is 1. The van der Waals surface area contributed by atoms with Gasteiger partial charge in [0.25, 0.3) is 0 Å². The van der Waals surface area contributed by atoms with E-state index in [0.29, 0.717) is 25.3 Å². The van der Waals surface area contributed by atoms with Gasteiger partial charge in [0.05, 0.1) is 24.2 Å². The van der Waals surface area contributed by atoms with Crippen LogP contribution in [0.2, 0.25) is 0 Å². The van der Waals surface area contributed by atoms with Crippen molar-refractivity contribution in [3.63, 3.8) is 0 Å². The standard InChI is InChI=1S/C10H12N2O5/c13-9-4-6(7-5-17-2-1-11-7)3-8(10(9)14)12(15)16/h3-4,7,11,13-14H,1-2,5H2/t7-/m0/s1. The van der Waals surface area contributed by atoms with E-state index in [9.17, 15) is 20.3 Å². The molecule has 0 aromatic heterocycles. The number of phenols is 2. The number of aromatic hydroxyl groups is 2. The highest BCUT2D eigenvalue weighted by molar-refractivity contribution is 5.57. The average Bonchev–Trinajstić information content (AvgIpc) is 2.33. The molecule has 7 heteroatoms. The minimum absolute atomic E-state index is 0.214. The van der Waals surface area contributed by atoms with Gasteiger partial charge in [-0.3, -0.25) is 10.1 Å². The fourth-order valence-electron chi connectivity index (χ4n) is 1.75. The van der Waals surface area contributed by atoms with Gasteiger partial charge < -0.3 is 20.3 Å². The molecule has 7 nitrogen and oxygen atoms in total. The van der Waals surface area contributed by atoms with Gasteiger partial charge in [-0.1, -0.05) is 0 Å². The number of phenolic OH excluding ortho intramolecular Hbond substituents is 2. The smallest absolute Gasteiger partial charge is 0.314 e. The van der Waals surface area contributed by atoms with Crippen molar-refractivity contribution in [1.29, 1.82) is 0 Å².